The van der Waals surface area contributed by atoms with E-state index in [1.165, 1.54) is 35.2 Å². The molecule has 9 heteroatoms. The Morgan fingerprint density at radius 1 is 1.36 bits per heavy atom. The van der Waals surface area contributed by atoms with Crippen molar-refractivity contribution in [3.63, 3.8) is 0 Å². The molecule has 0 aliphatic heterocycles. The van der Waals surface area contributed by atoms with Gasteiger partial charge in [-0.05, 0) is 24.1 Å². The maximum atomic E-state index is 12.8. The number of nitrogens with zero attached hydrogens (tertiary/aromatic N) is 1. The summed E-state index contributed by atoms with van der Waals surface area (Å²) in [6, 6.07) is 7.24. The molecule has 1 amide bonds. The zero-order valence-electron chi connectivity index (χ0n) is 12.9. The number of nitrogens with one attached hydrogen (secondary N) is 2. The second kappa shape index (κ2) is 7.66. The van der Waals surface area contributed by atoms with E-state index in [0.29, 0.717) is 27.7 Å². The fraction of sp³-hybridized carbons (Fsp3) is 0.188. The van der Waals surface area contributed by atoms with Crippen molar-refractivity contribution in [2.24, 2.45) is 0 Å². The topological polar surface area (TPSA) is 95.1 Å². The summed E-state index contributed by atoms with van der Waals surface area (Å²) in [6.07, 6.45) is 0.618. The van der Waals surface area contributed by atoms with Crippen LogP contribution in [0, 0.1) is 5.82 Å². The molecule has 0 fully saturated rings. The minimum atomic E-state index is -0.426. The number of thioether (sulfide) groups is 1. The number of aromatic hydroxyl groups is 1. The first-order chi connectivity index (χ1) is 12.0. The lowest BCUT2D eigenvalue weighted by atomic mass is 10.1. The number of carbonyl (C=O) groups is 1. The number of carbonyl (C=O) groups excluding carboxylic acids is 1. The van der Waals surface area contributed by atoms with Crippen LogP contribution in [0.1, 0.15) is 5.56 Å². The standard InChI is InChI=1S/C16H14FN3O3S2/c17-10-3-1-9(2-4-10)5-6-18-13(23)8-24-16-20-15-14(25-16)11(21)7-12(22)19-15/h1-4,7H,5-6,8H2,(H,18,23)(H2,19,21,22). The van der Waals surface area contributed by atoms with Crippen molar-refractivity contribution in [2.45, 2.75) is 10.8 Å². The van der Waals surface area contributed by atoms with E-state index in [2.05, 4.69) is 15.3 Å². The Kier molecular flexibility index (Phi) is 5.34. The van der Waals surface area contributed by atoms with Crippen LogP contribution in [-0.2, 0) is 11.2 Å². The van der Waals surface area contributed by atoms with Crippen LogP contribution >= 0.6 is 23.1 Å². The number of fused-ring (bicyclic) bond motifs is 1. The van der Waals surface area contributed by atoms with Gasteiger partial charge in [-0.15, -0.1) is 11.3 Å². The van der Waals surface area contributed by atoms with Crippen LogP contribution in [0.25, 0.3) is 10.3 Å². The molecular weight excluding hydrogens is 365 g/mol. The van der Waals surface area contributed by atoms with Gasteiger partial charge >= 0.3 is 0 Å². The Labute approximate surface area is 150 Å². The molecule has 2 aromatic heterocycles. The number of hydrogen-bond donors (Lipinski definition) is 3. The first-order valence-corrected chi connectivity index (χ1v) is 9.18. The van der Waals surface area contributed by atoms with Crippen LogP contribution in [0.2, 0.25) is 0 Å². The van der Waals surface area contributed by atoms with Crippen LogP contribution in [0.5, 0.6) is 5.75 Å². The minimum Gasteiger partial charge on any atom is -0.506 e. The Morgan fingerprint density at radius 3 is 2.88 bits per heavy atom. The molecule has 0 bridgehead atoms. The van der Waals surface area contributed by atoms with Crippen molar-refractivity contribution in [3.05, 3.63) is 52.1 Å². The molecule has 0 aliphatic carbocycles. The van der Waals surface area contributed by atoms with Crippen molar-refractivity contribution in [3.8, 4) is 5.75 Å². The summed E-state index contributed by atoms with van der Waals surface area (Å²) in [4.78, 5) is 29.9. The van der Waals surface area contributed by atoms with Crippen LogP contribution < -0.4 is 10.9 Å². The summed E-state index contributed by atoms with van der Waals surface area (Å²) < 4.78 is 13.9. The lowest BCUT2D eigenvalue weighted by Crippen LogP contribution is -2.27. The van der Waals surface area contributed by atoms with Crippen molar-refractivity contribution in [2.75, 3.05) is 12.3 Å². The van der Waals surface area contributed by atoms with Crippen LogP contribution in [0.15, 0.2) is 39.5 Å². The Balaban J connectivity index is 1.49. The van der Waals surface area contributed by atoms with E-state index in [9.17, 15) is 19.1 Å². The summed E-state index contributed by atoms with van der Waals surface area (Å²) in [6.45, 7) is 0.457. The molecule has 6 nitrogen and oxygen atoms in total. The maximum absolute atomic E-state index is 12.8. The summed E-state index contributed by atoms with van der Waals surface area (Å²) in [5.74, 6) is -0.378. The largest absolute Gasteiger partial charge is 0.506 e. The quantitative estimate of drug-likeness (QED) is 0.571. The fourth-order valence-electron chi connectivity index (χ4n) is 2.14. The fourth-order valence-corrected chi connectivity index (χ4v) is 3.98. The van der Waals surface area contributed by atoms with Gasteiger partial charge in [-0.25, -0.2) is 9.37 Å². The van der Waals surface area contributed by atoms with E-state index >= 15 is 0 Å². The summed E-state index contributed by atoms with van der Waals surface area (Å²) in [5, 5.41) is 12.5. The number of rotatable bonds is 6. The van der Waals surface area contributed by atoms with Gasteiger partial charge in [0.1, 0.15) is 16.3 Å². The molecule has 0 aliphatic rings. The number of benzene rings is 1. The predicted molar refractivity (Wildman–Crippen MR) is 95.7 cm³/mol. The van der Waals surface area contributed by atoms with Crippen LogP contribution in [0.4, 0.5) is 4.39 Å². The molecular formula is C16H14FN3O3S2. The van der Waals surface area contributed by atoms with Crippen LogP contribution in [0.3, 0.4) is 0 Å². The van der Waals surface area contributed by atoms with E-state index in [-0.39, 0.29) is 23.2 Å². The van der Waals surface area contributed by atoms with Crippen molar-refractivity contribution in [1.82, 2.24) is 15.3 Å². The molecule has 0 atom stereocenters. The lowest BCUT2D eigenvalue weighted by Gasteiger charge is -2.04. The number of hydrogen-bond acceptors (Lipinski definition) is 6. The van der Waals surface area contributed by atoms with E-state index < -0.39 is 5.56 Å². The van der Waals surface area contributed by atoms with Gasteiger partial charge in [-0.2, -0.15) is 0 Å². The Morgan fingerprint density at radius 2 is 2.12 bits per heavy atom. The number of aromatic amines is 1. The smallest absolute Gasteiger partial charge is 0.253 e. The zero-order valence-corrected chi connectivity index (χ0v) is 14.5. The highest BCUT2D eigenvalue weighted by Crippen LogP contribution is 2.32. The third-order valence-corrected chi connectivity index (χ3v) is 5.55. The van der Waals surface area contributed by atoms with E-state index in [1.54, 1.807) is 12.1 Å². The first-order valence-electron chi connectivity index (χ1n) is 7.38. The van der Waals surface area contributed by atoms with Gasteiger partial charge in [-0.3, -0.25) is 9.59 Å². The summed E-state index contributed by atoms with van der Waals surface area (Å²) >= 11 is 2.44. The molecule has 2 heterocycles. The second-order valence-electron chi connectivity index (χ2n) is 5.19. The maximum Gasteiger partial charge on any atom is 0.253 e. The highest BCUT2D eigenvalue weighted by atomic mass is 32.2. The number of thiazole rings is 1. The first kappa shape index (κ1) is 17.4. The van der Waals surface area contributed by atoms with Gasteiger partial charge in [0.15, 0.2) is 9.99 Å². The van der Waals surface area contributed by atoms with Gasteiger partial charge in [0.2, 0.25) is 5.91 Å². The molecule has 3 rings (SSSR count). The molecule has 0 saturated carbocycles. The number of H-pyrrole nitrogens is 1. The molecule has 0 radical (unpaired) electrons. The molecule has 0 unspecified atom stereocenters. The monoisotopic (exact) mass is 379 g/mol. The van der Waals surface area contributed by atoms with Crippen LogP contribution in [-0.4, -0.2) is 33.3 Å². The molecule has 0 saturated heterocycles. The van der Waals surface area contributed by atoms with E-state index in [4.69, 9.17) is 0 Å². The minimum absolute atomic E-state index is 0.119. The summed E-state index contributed by atoms with van der Waals surface area (Å²) in [5.41, 5.74) is 0.833. The number of aromatic nitrogens is 2. The highest BCUT2D eigenvalue weighted by Gasteiger charge is 2.11. The average molecular weight is 379 g/mol. The van der Waals surface area contributed by atoms with E-state index in [1.807, 2.05) is 0 Å². The lowest BCUT2D eigenvalue weighted by molar-refractivity contribution is -0.118. The third-order valence-electron chi connectivity index (χ3n) is 3.33. The van der Waals surface area contributed by atoms with Gasteiger partial charge in [0.25, 0.3) is 5.56 Å². The molecule has 0 spiro atoms. The second-order valence-corrected chi connectivity index (χ2v) is 7.41. The molecule has 1 aromatic carbocycles. The summed E-state index contributed by atoms with van der Waals surface area (Å²) in [7, 11) is 0. The third kappa shape index (κ3) is 4.58. The van der Waals surface area contributed by atoms with Gasteiger partial charge < -0.3 is 15.4 Å². The normalized spacial score (nSPS) is 10.9. The zero-order chi connectivity index (χ0) is 17.8. The van der Waals surface area contributed by atoms with Crippen molar-refractivity contribution < 1.29 is 14.3 Å². The Hall–Kier alpha value is -2.39. The SMILES string of the molecule is O=C(CSc1nc2[nH]c(=O)cc(O)c2s1)NCCc1ccc(F)cc1. The van der Waals surface area contributed by atoms with Gasteiger partial charge in [0, 0.05) is 12.6 Å². The molecule has 25 heavy (non-hydrogen) atoms. The number of halogens is 1. The van der Waals surface area contributed by atoms with Crippen molar-refractivity contribution >= 4 is 39.4 Å². The van der Waals surface area contributed by atoms with E-state index in [0.717, 1.165) is 11.6 Å². The highest BCUT2D eigenvalue weighted by molar-refractivity contribution is 8.01. The van der Waals surface area contributed by atoms with Crippen molar-refractivity contribution in [1.29, 1.82) is 0 Å². The molecule has 3 N–H and O–H groups in total. The molecule has 130 valence electrons. The number of pyridine rings is 1. The molecule has 3 aromatic rings. The van der Waals surface area contributed by atoms with Gasteiger partial charge in [0.05, 0.1) is 5.75 Å². The Bertz CT molecular complexity index is 953. The van der Waals surface area contributed by atoms with Gasteiger partial charge in [-0.1, -0.05) is 23.9 Å². The average Bonchev–Trinajstić information content (AvgIpc) is 2.98. The number of amides is 1. The predicted octanol–water partition coefficient (Wildman–Crippen LogP) is 2.28.